The first-order valence-corrected chi connectivity index (χ1v) is 25.2. The van der Waals surface area contributed by atoms with E-state index in [1.807, 2.05) is 0 Å². The largest absolute Gasteiger partial charge is 0.0654 e. The lowest BCUT2D eigenvalue weighted by Crippen LogP contribution is -2.71. The second-order valence-electron chi connectivity index (χ2n) is 24.2. The van der Waals surface area contributed by atoms with Gasteiger partial charge in [0.15, 0.2) is 0 Å². The van der Waals surface area contributed by atoms with E-state index in [2.05, 4.69) is 125 Å². The van der Waals surface area contributed by atoms with Crippen molar-refractivity contribution in [2.45, 2.75) is 227 Å². The Morgan fingerprint density at radius 2 is 1.15 bits per heavy atom. The van der Waals surface area contributed by atoms with Crippen LogP contribution in [-0.2, 0) is 0 Å². The first kappa shape index (κ1) is 46.7. The maximum atomic E-state index is 2.84. The van der Waals surface area contributed by atoms with Crippen molar-refractivity contribution in [2.75, 3.05) is 0 Å². The van der Waals surface area contributed by atoms with Crippen LogP contribution in [0.4, 0.5) is 0 Å². The van der Waals surface area contributed by atoms with Crippen LogP contribution in [0.1, 0.15) is 227 Å². The second kappa shape index (κ2) is 18.5. The van der Waals surface area contributed by atoms with Crippen LogP contribution in [0.2, 0.25) is 0 Å². The van der Waals surface area contributed by atoms with Crippen molar-refractivity contribution >= 4 is 0 Å². The molecule has 18 unspecified atom stereocenters. The average molecular weight is 751 g/mol. The van der Waals surface area contributed by atoms with Crippen LogP contribution in [0.25, 0.3) is 0 Å². The highest BCUT2D eigenvalue weighted by Crippen LogP contribution is 2.78. The summed E-state index contributed by atoms with van der Waals surface area (Å²) in [4.78, 5) is 0. The molecule has 4 aliphatic rings. The summed E-state index contributed by atoms with van der Waals surface area (Å²) in [6.07, 6.45) is 23.0. The van der Waals surface area contributed by atoms with Crippen LogP contribution >= 0.6 is 0 Å². The molecule has 0 saturated heterocycles. The first-order chi connectivity index (χ1) is 25.2. The molecule has 4 fully saturated rings. The summed E-state index contributed by atoms with van der Waals surface area (Å²) in [6, 6.07) is 0. The molecule has 0 aromatic rings. The van der Waals surface area contributed by atoms with E-state index in [0.717, 1.165) is 94.7 Å². The summed E-state index contributed by atoms with van der Waals surface area (Å²) >= 11 is 0. The molecule has 4 aliphatic carbocycles. The summed E-state index contributed by atoms with van der Waals surface area (Å²) in [5.74, 6) is 13.7. The van der Waals surface area contributed by atoms with E-state index in [-0.39, 0.29) is 0 Å². The minimum atomic E-state index is 0.407. The van der Waals surface area contributed by atoms with Crippen LogP contribution < -0.4 is 0 Å². The summed E-state index contributed by atoms with van der Waals surface area (Å²) < 4.78 is 0. The SMILES string of the molecule is CCCC(C)CCC(C)(CCC(C)CCC)CCC(C)CCCC1CCC2C(C1C)C(C)C1C(C)C3(C)C(C)C(C(C)C)C(C)CC3(C)C(C)C1(C)C2C. The third kappa shape index (κ3) is 8.66. The van der Waals surface area contributed by atoms with E-state index in [9.17, 15) is 0 Å². The van der Waals surface area contributed by atoms with Gasteiger partial charge in [0.05, 0.1) is 0 Å². The van der Waals surface area contributed by atoms with Crippen molar-refractivity contribution in [2.24, 2.45) is 116 Å². The standard InChI is InChI=1S/C54H102/c1-19-22-36(5)28-31-51(15,32-29-37(6)23-20-2)33-30-38(7)24-21-25-46-26-27-47-42(11)53(17)45(14)52(16)34-39(8)48(35(3)4)43(12)54(52,18)44(13)50(53)41(10)49(47)40(46)9/h35-50H,19-34H2,1-18H3. The molecule has 0 heterocycles. The monoisotopic (exact) mass is 751 g/mol. The molecule has 0 heteroatoms. The normalized spacial score (nSPS) is 45.2. The predicted octanol–water partition coefficient (Wildman–Crippen LogP) is 17.4. The molecule has 0 N–H and O–H groups in total. The fourth-order valence-corrected chi connectivity index (χ4v) is 17.3. The van der Waals surface area contributed by atoms with Gasteiger partial charge in [0.1, 0.15) is 0 Å². The third-order valence-electron chi connectivity index (χ3n) is 21.1. The van der Waals surface area contributed by atoms with Crippen LogP contribution in [0, 0.1) is 116 Å². The lowest BCUT2D eigenvalue weighted by molar-refractivity contribution is -0.291. The van der Waals surface area contributed by atoms with Crippen molar-refractivity contribution in [1.82, 2.24) is 0 Å². The van der Waals surface area contributed by atoms with E-state index in [4.69, 9.17) is 0 Å². The Balaban J connectivity index is 1.42. The molecule has 4 rings (SSSR count). The molecule has 0 nitrogen and oxygen atoms in total. The van der Waals surface area contributed by atoms with E-state index >= 15 is 0 Å². The van der Waals surface area contributed by atoms with Gasteiger partial charge in [0.2, 0.25) is 0 Å². The molecule has 0 aromatic carbocycles. The molecule has 0 aliphatic heterocycles. The number of rotatable bonds is 18. The minimum Gasteiger partial charge on any atom is -0.0654 e. The Morgan fingerprint density at radius 1 is 0.630 bits per heavy atom. The van der Waals surface area contributed by atoms with Gasteiger partial charge in [-0.25, -0.2) is 0 Å². The number of fused-ring (bicyclic) bond motifs is 3. The van der Waals surface area contributed by atoms with Gasteiger partial charge in [-0.2, -0.15) is 0 Å². The second-order valence-corrected chi connectivity index (χ2v) is 24.2. The van der Waals surface area contributed by atoms with Crippen LogP contribution in [0.5, 0.6) is 0 Å². The molecule has 0 radical (unpaired) electrons. The Labute approximate surface area is 342 Å². The highest BCUT2D eigenvalue weighted by atomic mass is 14.8. The highest BCUT2D eigenvalue weighted by Gasteiger charge is 2.72. The van der Waals surface area contributed by atoms with Gasteiger partial charge < -0.3 is 0 Å². The van der Waals surface area contributed by atoms with Gasteiger partial charge >= 0.3 is 0 Å². The smallest absolute Gasteiger partial charge is 0.0212 e. The molecule has 0 aromatic heterocycles. The minimum absolute atomic E-state index is 0.407. The topological polar surface area (TPSA) is 0 Å². The molecule has 0 spiro atoms. The van der Waals surface area contributed by atoms with Gasteiger partial charge in [-0.3, -0.25) is 0 Å². The van der Waals surface area contributed by atoms with Crippen LogP contribution in [-0.4, -0.2) is 0 Å². The van der Waals surface area contributed by atoms with E-state index < -0.39 is 0 Å². The van der Waals surface area contributed by atoms with Crippen molar-refractivity contribution in [3.05, 3.63) is 0 Å². The fraction of sp³-hybridized carbons (Fsp3) is 1.00. The van der Waals surface area contributed by atoms with Crippen LogP contribution in [0.3, 0.4) is 0 Å². The first-order valence-electron chi connectivity index (χ1n) is 25.2. The predicted molar refractivity (Wildman–Crippen MR) is 242 cm³/mol. The van der Waals surface area contributed by atoms with Gasteiger partial charge in [0.25, 0.3) is 0 Å². The zero-order chi connectivity index (χ0) is 40.6. The molecule has 0 bridgehead atoms. The molecular formula is C54H102. The average Bonchev–Trinajstić information content (AvgIpc) is 3.10. The molecule has 54 heavy (non-hydrogen) atoms. The van der Waals surface area contributed by atoms with E-state index in [0.29, 0.717) is 21.7 Å². The van der Waals surface area contributed by atoms with Crippen molar-refractivity contribution in [3.63, 3.8) is 0 Å². The highest BCUT2D eigenvalue weighted by molar-refractivity contribution is 5.20. The summed E-state index contributed by atoms with van der Waals surface area (Å²) in [6.45, 7) is 47.8. The lowest BCUT2D eigenvalue weighted by Gasteiger charge is -2.77. The molecule has 0 amide bonds. The quantitative estimate of drug-likeness (QED) is 0.131. The fourth-order valence-electron chi connectivity index (χ4n) is 17.3. The zero-order valence-electron chi connectivity index (χ0n) is 40.6. The lowest BCUT2D eigenvalue weighted by atomic mass is 9.28. The maximum absolute atomic E-state index is 2.84. The van der Waals surface area contributed by atoms with Crippen molar-refractivity contribution in [1.29, 1.82) is 0 Å². The van der Waals surface area contributed by atoms with Gasteiger partial charge in [-0.1, -0.05) is 189 Å². The summed E-state index contributed by atoms with van der Waals surface area (Å²) in [7, 11) is 0. The third-order valence-corrected chi connectivity index (χ3v) is 21.1. The van der Waals surface area contributed by atoms with E-state index in [1.54, 1.807) is 0 Å². The Kier molecular flexibility index (Phi) is 16.0. The van der Waals surface area contributed by atoms with Crippen molar-refractivity contribution in [3.8, 4) is 0 Å². The van der Waals surface area contributed by atoms with E-state index in [1.165, 1.54) is 103 Å². The Hall–Kier alpha value is 0. The zero-order valence-corrected chi connectivity index (χ0v) is 40.6. The Morgan fingerprint density at radius 3 is 1.65 bits per heavy atom. The van der Waals surface area contributed by atoms with Gasteiger partial charge in [0, 0.05) is 0 Å². The number of hydrogen-bond donors (Lipinski definition) is 0. The Bertz CT molecular complexity index is 1120. The molecule has 4 saturated carbocycles. The molecular weight excluding hydrogens is 649 g/mol. The van der Waals surface area contributed by atoms with Gasteiger partial charge in [-0.15, -0.1) is 0 Å². The number of hydrogen-bond acceptors (Lipinski definition) is 0. The maximum Gasteiger partial charge on any atom is -0.0212 e. The summed E-state index contributed by atoms with van der Waals surface area (Å²) in [5.41, 5.74) is 1.81. The summed E-state index contributed by atoms with van der Waals surface area (Å²) in [5, 5.41) is 0. The van der Waals surface area contributed by atoms with Gasteiger partial charge in [-0.05, 0) is 155 Å². The van der Waals surface area contributed by atoms with Crippen molar-refractivity contribution < 1.29 is 0 Å². The molecule has 18 atom stereocenters. The molecule has 318 valence electrons. The van der Waals surface area contributed by atoms with Crippen LogP contribution in [0.15, 0.2) is 0 Å².